The number of carbonyl (C=O) groups is 1. The first-order valence-electron chi connectivity index (χ1n) is 7.72. The lowest BCUT2D eigenvalue weighted by atomic mass is 9.80. The van der Waals surface area contributed by atoms with E-state index in [4.69, 9.17) is 4.74 Å². The zero-order valence-corrected chi connectivity index (χ0v) is 14.3. The molecule has 0 spiro atoms. The van der Waals surface area contributed by atoms with Crippen LogP contribution >= 0.6 is 8.86 Å². The lowest BCUT2D eigenvalue weighted by Gasteiger charge is -2.34. The van der Waals surface area contributed by atoms with Crippen molar-refractivity contribution in [1.82, 2.24) is 0 Å². The number of carbonyl (C=O) groups excluding carboxylic acids is 1. The summed E-state index contributed by atoms with van der Waals surface area (Å²) in [5.41, 5.74) is 1.72. The van der Waals surface area contributed by atoms with E-state index < -0.39 is 11.6 Å². The van der Waals surface area contributed by atoms with Gasteiger partial charge < -0.3 is 4.74 Å². The molecule has 1 atom stereocenters. The van der Waals surface area contributed by atoms with Crippen LogP contribution in [0.1, 0.15) is 16.7 Å². The lowest BCUT2D eigenvalue weighted by Crippen LogP contribution is -2.35. The SMILES string of the molecule is O=C(C=[PH2+])OC(c1ccccc1)(c1ccccc1)c1ccccc1. The van der Waals surface area contributed by atoms with Crippen molar-refractivity contribution in [3.05, 3.63) is 108 Å². The highest BCUT2D eigenvalue weighted by atomic mass is 31.0. The Balaban J connectivity index is 2.32. The minimum absolute atomic E-state index is 0.392. The zero-order chi connectivity index (χ0) is 16.8. The van der Waals surface area contributed by atoms with Crippen LogP contribution in [0.4, 0.5) is 0 Å². The fourth-order valence-electron chi connectivity index (χ4n) is 2.88. The first-order chi connectivity index (χ1) is 11.8. The zero-order valence-electron chi connectivity index (χ0n) is 13.1. The van der Waals surface area contributed by atoms with Crippen LogP contribution in [0.25, 0.3) is 0 Å². The minimum Gasteiger partial charge on any atom is -0.438 e. The molecule has 3 aromatic carbocycles. The predicted molar refractivity (Wildman–Crippen MR) is 101 cm³/mol. The maximum Gasteiger partial charge on any atom is 0.374 e. The van der Waals surface area contributed by atoms with Crippen LogP contribution < -0.4 is 0 Å². The van der Waals surface area contributed by atoms with E-state index in [1.807, 2.05) is 91.0 Å². The molecule has 0 saturated carbocycles. The summed E-state index contributed by atoms with van der Waals surface area (Å²) in [5.74, 6) is 0.973. The molecule has 118 valence electrons. The van der Waals surface area contributed by atoms with Gasteiger partial charge in [0.2, 0.25) is 0 Å². The van der Waals surface area contributed by atoms with E-state index in [9.17, 15) is 4.79 Å². The number of hydrogen-bond acceptors (Lipinski definition) is 2. The van der Waals surface area contributed by atoms with Crippen LogP contribution in [0, 0.1) is 0 Å². The van der Waals surface area contributed by atoms with Crippen molar-refractivity contribution in [3.8, 4) is 0 Å². The van der Waals surface area contributed by atoms with Crippen molar-refractivity contribution in [2.45, 2.75) is 5.60 Å². The van der Waals surface area contributed by atoms with E-state index in [1.165, 1.54) is 5.80 Å². The van der Waals surface area contributed by atoms with E-state index in [1.54, 1.807) is 0 Å². The van der Waals surface area contributed by atoms with Gasteiger partial charge in [0.1, 0.15) is 0 Å². The lowest BCUT2D eigenvalue weighted by molar-refractivity contribution is -0.144. The van der Waals surface area contributed by atoms with Crippen LogP contribution in [0.2, 0.25) is 0 Å². The predicted octanol–water partition coefficient (Wildman–Crippen LogP) is 4.20. The molecular formula is C21H18O2P+. The highest BCUT2D eigenvalue weighted by Gasteiger charge is 2.40. The fourth-order valence-corrected chi connectivity index (χ4v) is 2.95. The Kier molecular flexibility index (Phi) is 4.88. The summed E-state index contributed by atoms with van der Waals surface area (Å²) in [4.78, 5) is 12.2. The first kappa shape index (κ1) is 16.2. The molecule has 3 heteroatoms. The largest absolute Gasteiger partial charge is 0.438 e. The Hall–Kier alpha value is -2.70. The molecule has 0 N–H and O–H groups in total. The Morgan fingerprint density at radius 3 is 1.33 bits per heavy atom. The van der Waals surface area contributed by atoms with Crippen LogP contribution in [0.3, 0.4) is 0 Å². The average molecular weight is 333 g/mol. The van der Waals surface area contributed by atoms with Crippen LogP contribution in [0.15, 0.2) is 91.0 Å². The van der Waals surface area contributed by atoms with Crippen molar-refractivity contribution < 1.29 is 9.53 Å². The molecule has 24 heavy (non-hydrogen) atoms. The third-order valence-electron chi connectivity index (χ3n) is 3.93. The highest BCUT2D eigenvalue weighted by molar-refractivity contribution is 7.21. The Bertz CT molecular complexity index is 718. The van der Waals surface area contributed by atoms with Crippen molar-refractivity contribution >= 4 is 20.6 Å². The van der Waals surface area contributed by atoms with E-state index in [0.29, 0.717) is 0 Å². The van der Waals surface area contributed by atoms with Gasteiger partial charge >= 0.3 is 5.97 Å². The van der Waals surface area contributed by atoms with Gasteiger partial charge in [-0.05, 0) is 0 Å². The molecule has 0 fully saturated rings. The van der Waals surface area contributed by atoms with E-state index in [2.05, 4.69) is 8.86 Å². The molecule has 3 rings (SSSR count). The minimum atomic E-state index is -0.992. The van der Waals surface area contributed by atoms with Crippen LogP contribution in [0.5, 0.6) is 0 Å². The van der Waals surface area contributed by atoms with Crippen molar-refractivity contribution in [2.24, 2.45) is 0 Å². The average Bonchev–Trinajstić information content (AvgIpc) is 2.68. The topological polar surface area (TPSA) is 26.3 Å². The van der Waals surface area contributed by atoms with Crippen molar-refractivity contribution in [3.63, 3.8) is 0 Å². The Labute approximate surface area is 144 Å². The maximum absolute atomic E-state index is 12.2. The first-order valence-corrected chi connectivity index (χ1v) is 8.38. The number of benzene rings is 3. The van der Waals surface area contributed by atoms with Crippen molar-refractivity contribution in [2.75, 3.05) is 0 Å². The number of esters is 1. The van der Waals surface area contributed by atoms with Gasteiger partial charge in [0.05, 0.1) is 8.86 Å². The summed E-state index contributed by atoms with van der Waals surface area (Å²) in [6.07, 6.45) is 0. The molecule has 0 heterocycles. The molecule has 0 aromatic heterocycles. The third-order valence-corrected chi connectivity index (χ3v) is 4.20. The summed E-state index contributed by atoms with van der Waals surface area (Å²) in [5, 5.41) is 0. The van der Waals surface area contributed by atoms with Gasteiger partial charge in [-0.3, -0.25) is 0 Å². The molecule has 0 aliphatic carbocycles. The standard InChI is InChI=1S/C21H17O2P/c22-20(16-24)23-21(17-10-4-1-5-11-17,18-12-6-2-7-13-18)19-14-8-3-9-15-19/h1-16,24H/p+1. The van der Waals surface area contributed by atoms with E-state index in [-0.39, 0.29) is 0 Å². The second-order valence-electron chi connectivity index (χ2n) is 5.37. The summed E-state index contributed by atoms with van der Waals surface area (Å²) >= 11 is 0. The van der Waals surface area contributed by atoms with Gasteiger partial charge in [0.25, 0.3) is 0 Å². The van der Waals surface area contributed by atoms with Gasteiger partial charge in [-0.25, -0.2) is 4.79 Å². The summed E-state index contributed by atoms with van der Waals surface area (Å²) < 4.78 is 6.03. The quantitative estimate of drug-likeness (QED) is 0.397. The van der Waals surface area contributed by atoms with Gasteiger partial charge in [-0.2, -0.15) is 0 Å². The van der Waals surface area contributed by atoms with Gasteiger partial charge in [-0.15, -0.1) is 0 Å². The smallest absolute Gasteiger partial charge is 0.374 e. The molecule has 1 unspecified atom stereocenters. The monoisotopic (exact) mass is 333 g/mol. The Morgan fingerprint density at radius 1 is 0.708 bits per heavy atom. The molecular weight excluding hydrogens is 315 g/mol. The molecule has 3 aromatic rings. The van der Waals surface area contributed by atoms with Gasteiger partial charge in [0.15, 0.2) is 11.4 Å². The fraction of sp³-hybridized carbons (Fsp3) is 0.0476. The highest BCUT2D eigenvalue weighted by Crippen LogP contribution is 2.40. The molecule has 2 nitrogen and oxygen atoms in total. The second-order valence-corrected chi connectivity index (χ2v) is 5.70. The number of ether oxygens (including phenoxy) is 1. The molecule has 0 amide bonds. The molecule has 0 saturated heterocycles. The normalized spacial score (nSPS) is 10.8. The van der Waals surface area contributed by atoms with Crippen LogP contribution in [-0.4, -0.2) is 11.8 Å². The van der Waals surface area contributed by atoms with Gasteiger partial charge in [0, 0.05) is 16.7 Å². The second kappa shape index (κ2) is 7.25. The maximum atomic E-state index is 12.2. The molecule has 0 radical (unpaired) electrons. The van der Waals surface area contributed by atoms with E-state index >= 15 is 0 Å². The molecule has 0 aliphatic heterocycles. The van der Waals surface area contributed by atoms with Crippen LogP contribution in [-0.2, 0) is 15.1 Å². The summed E-state index contributed by atoms with van der Waals surface area (Å²) in [6, 6.07) is 29.5. The number of rotatable bonds is 5. The van der Waals surface area contributed by atoms with Gasteiger partial charge in [-0.1, -0.05) is 91.0 Å². The third kappa shape index (κ3) is 3.02. The molecule has 0 bridgehead atoms. The van der Waals surface area contributed by atoms with E-state index in [0.717, 1.165) is 16.7 Å². The summed E-state index contributed by atoms with van der Waals surface area (Å²) in [6.45, 7) is 0. The molecule has 0 aliphatic rings. The Morgan fingerprint density at radius 2 is 1.04 bits per heavy atom. The summed E-state index contributed by atoms with van der Waals surface area (Å²) in [7, 11) is 2.31. The number of hydrogen-bond donors (Lipinski definition) is 0. The van der Waals surface area contributed by atoms with Crippen molar-refractivity contribution in [1.29, 1.82) is 0 Å².